The van der Waals surface area contributed by atoms with Gasteiger partial charge in [0, 0.05) is 38.4 Å². The van der Waals surface area contributed by atoms with E-state index in [0.29, 0.717) is 38.5 Å². The lowest BCUT2D eigenvalue weighted by atomic mass is 10.2. The van der Waals surface area contributed by atoms with E-state index in [1.165, 1.54) is 18.5 Å². The Morgan fingerprint density at radius 3 is 2.42 bits per heavy atom. The molecule has 1 aromatic heterocycles. The molecule has 0 saturated carbocycles. The Labute approximate surface area is 150 Å². The number of nitrogens with zero attached hydrogens (tertiary/aromatic N) is 5. The fraction of sp³-hybridized carbons (Fsp3) is 0.412. The van der Waals surface area contributed by atoms with Crippen molar-refractivity contribution in [3.8, 4) is 0 Å². The molecule has 1 saturated heterocycles. The molecule has 0 amide bonds. The quantitative estimate of drug-likeness (QED) is 0.626. The zero-order chi connectivity index (χ0) is 18.5. The van der Waals surface area contributed by atoms with Gasteiger partial charge < -0.3 is 15.1 Å². The molecule has 0 aliphatic carbocycles. The highest BCUT2D eigenvalue weighted by Crippen LogP contribution is 2.32. The fourth-order valence-electron chi connectivity index (χ4n) is 2.97. The van der Waals surface area contributed by atoms with Crippen molar-refractivity contribution in [3.05, 3.63) is 46.5 Å². The molecule has 0 bridgehead atoms. The summed E-state index contributed by atoms with van der Waals surface area (Å²) in [5, 5.41) is 14.6. The van der Waals surface area contributed by atoms with Gasteiger partial charge in [0.2, 0.25) is 11.6 Å². The number of aromatic nitrogens is 2. The maximum atomic E-state index is 13.1. The lowest BCUT2D eigenvalue weighted by Crippen LogP contribution is -2.47. The Balaban J connectivity index is 1.76. The second-order valence-corrected chi connectivity index (χ2v) is 6.03. The van der Waals surface area contributed by atoms with Gasteiger partial charge in [0.1, 0.15) is 12.1 Å². The first-order valence-corrected chi connectivity index (χ1v) is 8.59. The normalized spacial score (nSPS) is 14.4. The van der Waals surface area contributed by atoms with Crippen molar-refractivity contribution in [2.75, 3.05) is 47.8 Å². The number of anilines is 3. The van der Waals surface area contributed by atoms with E-state index in [1.807, 2.05) is 11.8 Å². The Bertz CT molecular complexity index is 762. The Kier molecular flexibility index (Phi) is 5.45. The van der Waals surface area contributed by atoms with Crippen molar-refractivity contribution in [2.45, 2.75) is 13.3 Å². The first-order valence-electron chi connectivity index (χ1n) is 8.59. The van der Waals surface area contributed by atoms with Gasteiger partial charge in [-0.25, -0.2) is 14.4 Å². The molecule has 9 heteroatoms. The zero-order valence-electron chi connectivity index (χ0n) is 14.6. The topological polar surface area (TPSA) is 87.4 Å². The van der Waals surface area contributed by atoms with Gasteiger partial charge >= 0.3 is 5.69 Å². The van der Waals surface area contributed by atoms with E-state index in [4.69, 9.17) is 0 Å². The minimum atomic E-state index is -0.431. The summed E-state index contributed by atoms with van der Waals surface area (Å²) in [4.78, 5) is 23.4. The third kappa shape index (κ3) is 3.81. The Hall–Kier alpha value is -2.97. The first kappa shape index (κ1) is 17.8. The number of rotatable bonds is 6. The van der Waals surface area contributed by atoms with Gasteiger partial charge in [-0.3, -0.25) is 10.1 Å². The molecule has 0 radical (unpaired) electrons. The van der Waals surface area contributed by atoms with Gasteiger partial charge in [-0.05, 0) is 30.7 Å². The van der Waals surface area contributed by atoms with E-state index in [0.717, 1.165) is 12.1 Å². The van der Waals surface area contributed by atoms with E-state index in [2.05, 4.69) is 20.2 Å². The first-order chi connectivity index (χ1) is 12.6. The van der Waals surface area contributed by atoms with Gasteiger partial charge in [-0.15, -0.1) is 0 Å². The van der Waals surface area contributed by atoms with E-state index in [9.17, 15) is 14.5 Å². The van der Waals surface area contributed by atoms with Crippen LogP contribution in [0.4, 0.5) is 27.4 Å². The largest absolute Gasteiger partial charge is 0.368 e. The van der Waals surface area contributed by atoms with Crippen molar-refractivity contribution >= 4 is 23.0 Å². The van der Waals surface area contributed by atoms with Crippen LogP contribution in [0.5, 0.6) is 0 Å². The smallest absolute Gasteiger partial charge is 0.353 e. The Morgan fingerprint density at radius 2 is 1.81 bits per heavy atom. The highest BCUT2D eigenvalue weighted by atomic mass is 19.1. The number of piperazine rings is 1. The summed E-state index contributed by atoms with van der Waals surface area (Å²) in [6.07, 6.45) is 2.19. The summed E-state index contributed by atoms with van der Waals surface area (Å²) in [5.41, 5.74) is 0.852. The summed E-state index contributed by atoms with van der Waals surface area (Å²) >= 11 is 0. The molecule has 1 aliphatic heterocycles. The molecule has 2 heterocycles. The van der Waals surface area contributed by atoms with Crippen molar-refractivity contribution in [2.24, 2.45) is 0 Å². The van der Waals surface area contributed by atoms with Crippen LogP contribution in [0, 0.1) is 15.9 Å². The van der Waals surface area contributed by atoms with Gasteiger partial charge in [-0.1, -0.05) is 6.92 Å². The monoisotopic (exact) mass is 360 g/mol. The molecule has 2 aromatic rings. The van der Waals surface area contributed by atoms with Crippen LogP contribution >= 0.6 is 0 Å². The fourth-order valence-corrected chi connectivity index (χ4v) is 2.97. The third-order valence-electron chi connectivity index (χ3n) is 4.30. The number of benzene rings is 1. The van der Waals surface area contributed by atoms with Crippen LogP contribution in [0.1, 0.15) is 13.3 Å². The van der Waals surface area contributed by atoms with E-state index in [-0.39, 0.29) is 17.3 Å². The molecule has 0 spiro atoms. The van der Waals surface area contributed by atoms with E-state index < -0.39 is 4.92 Å². The second-order valence-electron chi connectivity index (χ2n) is 6.03. The summed E-state index contributed by atoms with van der Waals surface area (Å²) in [7, 11) is 0. The summed E-state index contributed by atoms with van der Waals surface area (Å²) in [5.74, 6) is 0.321. The van der Waals surface area contributed by atoms with Crippen LogP contribution in [-0.4, -0.2) is 47.6 Å². The lowest BCUT2D eigenvalue weighted by Gasteiger charge is -2.36. The highest BCUT2D eigenvalue weighted by Gasteiger charge is 2.29. The van der Waals surface area contributed by atoms with Crippen molar-refractivity contribution in [1.29, 1.82) is 0 Å². The number of nitro groups is 1. The minimum Gasteiger partial charge on any atom is -0.368 e. The van der Waals surface area contributed by atoms with Crippen molar-refractivity contribution in [1.82, 2.24) is 9.97 Å². The number of hydrogen-bond acceptors (Lipinski definition) is 7. The van der Waals surface area contributed by atoms with Gasteiger partial charge in [0.05, 0.1) is 4.92 Å². The molecule has 8 nitrogen and oxygen atoms in total. The maximum absolute atomic E-state index is 13.1. The van der Waals surface area contributed by atoms with Crippen molar-refractivity contribution in [3.63, 3.8) is 0 Å². The number of nitrogens with one attached hydrogen (secondary N) is 1. The molecule has 1 aliphatic rings. The van der Waals surface area contributed by atoms with Crippen LogP contribution in [0.3, 0.4) is 0 Å². The van der Waals surface area contributed by atoms with Crippen LogP contribution in [-0.2, 0) is 0 Å². The van der Waals surface area contributed by atoms with E-state index in [1.54, 1.807) is 12.1 Å². The Morgan fingerprint density at radius 1 is 1.15 bits per heavy atom. The zero-order valence-corrected chi connectivity index (χ0v) is 14.6. The summed E-state index contributed by atoms with van der Waals surface area (Å²) < 4.78 is 13.1. The van der Waals surface area contributed by atoms with Gasteiger partial charge in [0.25, 0.3) is 0 Å². The number of hydrogen-bond donors (Lipinski definition) is 1. The van der Waals surface area contributed by atoms with Crippen LogP contribution in [0.15, 0.2) is 30.6 Å². The maximum Gasteiger partial charge on any atom is 0.353 e. The predicted octanol–water partition coefficient (Wildman–Crippen LogP) is 2.67. The van der Waals surface area contributed by atoms with Crippen LogP contribution in [0.25, 0.3) is 0 Å². The SMILES string of the molecule is CCCNc1ncnc(N2CCN(c3ccc(F)cc3)CC2)c1[N+](=O)[O-]. The standard InChI is InChI=1S/C17H21FN6O2/c1-2-7-19-16-15(24(25)26)17(21-12-20-16)23-10-8-22(9-11-23)14-5-3-13(18)4-6-14/h3-6,12H,2,7-11H2,1H3,(H,19,20,21). The molecule has 26 heavy (non-hydrogen) atoms. The van der Waals surface area contributed by atoms with Crippen LogP contribution in [0.2, 0.25) is 0 Å². The molecule has 0 atom stereocenters. The van der Waals surface area contributed by atoms with Crippen molar-refractivity contribution < 1.29 is 9.31 Å². The molecule has 0 unspecified atom stereocenters. The average molecular weight is 360 g/mol. The van der Waals surface area contributed by atoms with Gasteiger partial charge in [-0.2, -0.15) is 0 Å². The molecule has 138 valence electrons. The second kappa shape index (κ2) is 7.94. The van der Waals surface area contributed by atoms with E-state index >= 15 is 0 Å². The molecule has 1 aromatic carbocycles. The number of halogens is 1. The molecule has 1 fully saturated rings. The lowest BCUT2D eigenvalue weighted by molar-refractivity contribution is -0.383. The molecular formula is C17H21FN6O2. The van der Waals surface area contributed by atoms with Gasteiger partial charge in [0.15, 0.2) is 0 Å². The van der Waals surface area contributed by atoms with Crippen LogP contribution < -0.4 is 15.1 Å². The molecule has 3 rings (SSSR count). The third-order valence-corrected chi connectivity index (χ3v) is 4.30. The predicted molar refractivity (Wildman–Crippen MR) is 98.3 cm³/mol. The molecular weight excluding hydrogens is 339 g/mol. The highest BCUT2D eigenvalue weighted by molar-refractivity contribution is 5.70. The summed E-state index contributed by atoms with van der Waals surface area (Å²) in [6.45, 7) is 5.10. The molecule has 1 N–H and O–H groups in total. The minimum absolute atomic E-state index is 0.0869. The average Bonchev–Trinajstić information content (AvgIpc) is 2.66. The summed E-state index contributed by atoms with van der Waals surface area (Å²) in [6, 6.07) is 6.35.